The summed E-state index contributed by atoms with van der Waals surface area (Å²) in [6, 6.07) is -1.03. The molecule has 1 aliphatic rings. The van der Waals surface area contributed by atoms with E-state index in [-0.39, 0.29) is 18.5 Å². The number of carbonyl (C=O) groups excluding carboxylic acids is 3. The molecule has 8 heteroatoms. The van der Waals surface area contributed by atoms with Crippen molar-refractivity contribution in [3.05, 3.63) is 0 Å². The van der Waals surface area contributed by atoms with Crippen molar-refractivity contribution in [1.29, 1.82) is 0 Å². The predicted octanol–water partition coefficient (Wildman–Crippen LogP) is -0.838. The zero-order chi connectivity index (χ0) is 13.5. The molecule has 0 aliphatic carbocycles. The number of esters is 1. The van der Waals surface area contributed by atoms with Crippen LogP contribution in [-0.2, 0) is 14.3 Å². The van der Waals surface area contributed by atoms with E-state index in [4.69, 9.17) is 10.5 Å². The number of nitrogens with two attached hydrogens (primary N) is 1. The summed E-state index contributed by atoms with van der Waals surface area (Å²) in [5.74, 6) is 0.296. The largest absolute Gasteiger partial charge is 0.465 e. The highest BCUT2D eigenvalue weighted by Gasteiger charge is 2.27. The third kappa shape index (κ3) is 4.19. The van der Waals surface area contributed by atoms with E-state index >= 15 is 0 Å². The number of hydrogen-bond donors (Lipinski definition) is 2. The fraction of sp³-hybridized carbons (Fsp3) is 0.700. The summed E-state index contributed by atoms with van der Waals surface area (Å²) in [4.78, 5) is 34.8. The summed E-state index contributed by atoms with van der Waals surface area (Å²) in [7, 11) is 0. The number of ether oxygens (including phenoxy) is 1. The van der Waals surface area contributed by atoms with Crippen LogP contribution < -0.4 is 11.1 Å². The second kappa shape index (κ2) is 7.22. The van der Waals surface area contributed by atoms with E-state index in [0.717, 1.165) is 4.90 Å². The zero-order valence-electron chi connectivity index (χ0n) is 10.2. The van der Waals surface area contributed by atoms with Gasteiger partial charge in [0.2, 0.25) is 5.91 Å². The Balaban J connectivity index is 2.17. The molecule has 1 atom stereocenters. The van der Waals surface area contributed by atoms with Crippen molar-refractivity contribution in [1.82, 2.24) is 10.2 Å². The molecule has 1 saturated heterocycles. The highest BCUT2D eigenvalue weighted by molar-refractivity contribution is 7.99. The maximum Gasteiger partial charge on any atom is 0.324 e. The number of imide groups is 1. The normalized spacial score (nSPS) is 16.7. The van der Waals surface area contributed by atoms with Gasteiger partial charge in [0.05, 0.1) is 13.2 Å². The Morgan fingerprint density at radius 2 is 2.33 bits per heavy atom. The second-order valence-electron chi connectivity index (χ2n) is 3.64. The summed E-state index contributed by atoms with van der Waals surface area (Å²) in [5, 5.41) is 2.43. The maximum absolute atomic E-state index is 11.2. The topological polar surface area (TPSA) is 102 Å². The molecular weight excluding hydrogens is 258 g/mol. The third-order valence-electron chi connectivity index (χ3n) is 2.28. The molecule has 7 nitrogen and oxygen atoms in total. The van der Waals surface area contributed by atoms with E-state index in [1.54, 1.807) is 6.92 Å². The van der Waals surface area contributed by atoms with Crippen molar-refractivity contribution >= 4 is 29.7 Å². The van der Waals surface area contributed by atoms with E-state index < -0.39 is 12.0 Å². The fourth-order valence-electron chi connectivity index (χ4n) is 1.37. The van der Waals surface area contributed by atoms with E-state index in [1.807, 2.05) is 0 Å². The van der Waals surface area contributed by atoms with Crippen molar-refractivity contribution in [2.24, 2.45) is 5.73 Å². The van der Waals surface area contributed by atoms with Crippen LogP contribution in [0.2, 0.25) is 0 Å². The Morgan fingerprint density at radius 3 is 2.89 bits per heavy atom. The third-order valence-corrected chi connectivity index (χ3v) is 3.35. The van der Waals surface area contributed by atoms with Crippen LogP contribution >= 0.6 is 11.8 Å². The Kier molecular flexibility index (Phi) is 5.93. The zero-order valence-corrected chi connectivity index (χ0v) is 11.0. The molecule has 102 valence electrons. The molecule has 1 aliphatic heterocycles. The van der Waals surface area contributed by atoms with Gasteiger partial charge in [0.1, 0.15) is 6.04 Å². The Morgan fingerprint density at radius 1 is 1.61 bits per heavy atom. The number of hydrogen-bond acceptors (Lipinski definition) is 6. The van der Waals surface area contributed by atoms with Crippen LogP contribution in [0.4, 0.5) is 4.79 Å². The number of nitrogens with one attached hydrogen (secondary N) is 1. The smallest absolute Gasteiger partial charge is 0.324 e. The van der Waals surface area contributed by atoms with Gasteiger partial charge < -0.3 is 15.8 Å². The molecule has 0 spiro atoms. The first-order valence-electron chi connectivity index (χ1n) is 5.64. The van der Waals surface area contributed by atoms with Crippen LogP contribution in [0.1, 0.15) is 6.92 Å². The van der Waals surface area contributed by atoms with Gasteiger partial charge in [0.15, 0.2) is 0 Å². The molecule has 3 amide bonds. The van der Waals surface area contributed by atoms with Crippen molar-refractivity contribution in [3.63, 3.8) is 0 Å². The van der Waals surface area contributed by atoms with Crippen LogP contribution in [0.3, 0.4) is 0 Å². The first kappa shape index (κ1) is 14.8. The molecular formula is C10H17N3O4S. The number of carbonyl (C=O) groups is 3. The SMILES string of the molecule is CCOC(=O)C(N)CSCCN1C(=O)CNC1=O. The Labute approximate surface area is 109 Å². The van der Waals surface area contributed by atoms with Crippen molar-refractivity contribution in [2.45, 2.75) is 13.0 Å². The van der Waals surface area contributed by atoms with Gasteiger partial charge >= 0.3 is 12.0 Å². The number of nitrogens with zero attached hydrogens (tertiary/aromatic N) is 1. The minimum Gasteiger partial charge on any atom is -0.465 e. The summed E-state index contributed by atoms with van der Waals surface area (Å²) in [6.07, 6.45) is 0. The molecule has 1 unspecified atom stereocenters. The summed E-state index contributed by atoms with van der Waals surface area (Å²) in [5.41, 5.74) is 5.60. The van der Waals surface area contributed by atoms with Gasteiger partial charge in [-0.15, -0.1) is 0 Å². The number of rotatable bonds is 7. The minimum atomic E-state index is -0.668. The lowest BCUT2D eigenvalue weighted by molar-refractivity contribution is -0.144. The average molecular weight is 275 g/mol. The predicted molar refractivity (Wildman–Crippen MR) is 67.0 cm³/mol. The van der Waals surface area contributed by atoms with Gasteiger partial charge in [-0.25, -0.2) is 4.79 Å². The summed E-state index contributed by atoms with van der Waals surface area (Å²) >= 11 is 1.41. The Bertz CT molecular complexity index is 321. The van der Waals surface area contributed by atoms with Gasteiger partial charge in [0.25, 0.3) is 0 Å². The summed E-state index contributed by atoms with van der Waals surface area (Å²) < 4.78 is 4.76. The van der Waals surface area contributed by atoms with Crippen LogP contribution in [0, 0.1) is 0 Å². The first-order valence-corrected chi connectivity index (χ1v) is 6.80. The van der Waals surface area contributed by atoms with Crippen molar-refractivity contribution in [3.8, 4) is 0 Å². The van der Waals surface area contributed by atoms with Crippen LogP contribution in [0.25, 0.3) is 0 Å². The highest BCUT2D eigenvalue weighted by Crippen LogP contribution is 2.06. The second-order valence-corrected chi connectivity index (χ2v) is 4.79. The van der Waals surface area contributed by atoms with E-state index in [0.29, 0.717) is 24.7 Å². The first-order chi connectivity index (χ1) is 8.56. The molecule has 0 bridgehead atoms. The molecule has 0 saturated carbocycles. The summed E-state index contributed by atoms with van der Waals surface area (Å²) in [6.45, 7) is 2.41. The molecule has 1 rings (SSSR count). The van der Waals surface area contributed by atoms with Crippen LogP contribution in [0.5, 0.6) is 0 Å². The lowest BCUT2D eigenvalue weighted by Gasteiger charge is -2.13. The quantitative estimate of drug-likeness (QED) is 0.357. The van der Waals surface area contributed by atoms with Crippen molar-refractivity contribution in [2.75, 3.05) is 31.2 Å². The van der Waals surface area contributed by atoms with Gasteiger partial charge in [-0.2, -0.15) is 11.8 Å². The van der Waals surface area contributed by atoms with Crippen LogP contribution in [0.15, 0.2) is 0 Å². The fourth-order valence-corrected chi connectivity index (χ4v) is 2.23. The average Bonchev–Trinajstić information content (AvgIpc) is 2.65. The lowest BCUT2D eigenvalue weighted by atomic mass is 10.4. The monoisotopic (exact) mass is 275 g/mol. The van der Waals surface area contributed by atoms with Gasteiger partial charge in [-0.05, 0) is 6.92 Å². The molecule has 0 aromatic rings. The highest BCUT2D eigenvalue weighted by atomic mass is 32.2. The van der Waals surface area contributed by atoms with Gasteiger partial charge in [-0.1, -0.05) is 0 Å². The molecule has 0 radical (unpaired) electrons. The maximum atomic E-state index is 11.2. The number of thioether (sulfide) groups is 1. The standard InChI is InChI=1S/C10H17N3O4S/c1-2-17-9(15)7(11)6-18-4-3-13-8(14)5-12-10(13)16/h7H,2-6,11H2,1H3,(H,12,16). The van der Waals surface area contributed by atoms with E-state index in [1.165, 1.54) is 11.8 Å². The van der Waals surface area contributed by atoms with Crippen molar-refractivity contribution < 1.29 is 19.1 Å². The molecule has 18 heavy (non-hydrogen) atoms. The minimum absolute atomic E-state index is 0.0613. The molecule has 0 aromatic heterocycles. The lowest BCUT2D eigenvalue weighted by Crippen LogP contribution is -2.36. The molecule has 0 aromatic carbocycles. The Hall–Kier alpha value is -1.28. The van der Waals surface area contributed by atoms with E-state index in [9.17, 15) is 14.4 Å². The van der Waals surface area contributed by atoms with E-state index in [2.05, 4.69) is 5.32 Å². The number of urea groups is 1. The van der Waals surface area contributed by atoms with Gasteiger partial charge in [-0.3, -0.25) is 14.5 Å². The molecule has 3 N–H and O–H groups in total. The molecule has 1 heterocycles. The molecule has 1 fully saturated rings. The number of amides is 3. The van der Waals surface area contributed by atoms with Crippen LogP contribution in [-0.4, -0.2) is 60.1 Å². The van der Waals surface area contributed by atoms with Gasteiger partial charge in [0, 0.05) is 18.1 Å².